The van der Waals surface area contributed by atoms with Gasteiger partial charge in [-0.3, -0.25) is 9.59 Å². The Hall–Kier alpha value is -1.56. The highest BCUT2D eigenvalue weighted by Gasteiger charge is 2.29. The number of rotatable bonds is 2. The molecule has 2 heterocycles. The molecule has 2 rings (SSSR count). The first kappa shape index (κ1) is 12.9. The molecule has 0 aliphatic carbocycles. The molecule has 1 atom stereocenters. The summed E-state index contributed by atoms with van der Waals surface area (Å²) < 4.78 is 0. The fraction of sp³-hybridized carbons (Fsp3) is 0.500. The van der Waals surface area contributed by atoms with Crippen molar-refractivity contribution >= 4 is 28.8 Å². The zero-order chi connectivity index (χ0) is 13.1. The normalized spacial score (nSPS) is 19.6. The van der Waals surface area contributed by atoms with Gasteiger partial charge in [-0.1, -0.05) is 0 Å². The molecule has 1 fully saturated rings. The number of hydrogen-bond acceptors (Lipinski definition) is 4. The number of hydrogen-bond donors (Lipinski definition) is 2. The van der Waals surface area contributed by atoms with Gasteiger partial charge in [-0.2, -0.15) is 0 Å². The van der Waals surface area contributed by atoms with Crippen LogP contribution in [0.25, 0.3) is 0 Å². The minimum absolute atomic E-state index is 0.00616. The van der Waals surface area contributed by atoms with Crippen LogP contribution in [0.4, 0.5) is 5.69 Å². The van der Waals surface area contributed by atoms with Crippen LogP contribution in [0.2, 0.25) is 0 Å². The van der Waals surface area contributed by atoms with Gasteiger partial charge in [0.15, 0.2) is 0 Å². The predicted octanol–water partition coefficient (Wildman–Crippen LogP) is 0.928. The lowest BCUT2D eigenvalue weighted by Crippen LogP contribution is -2.44. The van der Waals surface area contributed by atoms with Gasteiger partial charge in [0.25, 0.3) is 5.91 Å². The predicted molar refractivity (Wildman–Crippen MR) is 71.4 cm³/mol. The molecule has 0 aromatic carbocycles. The molecular formula is C12H17N3O2S. The summed E-state index contributed by atoms with van der Waals surface area (Å²) >= 11 is 1.35. The van der Waals surface area contributed by atoms with Crippen LogP contribution in [0.5, 0.6) is 0 Å². The van der Waals surface area contributed by atoms with Crippen molar-refractivity contribution in [1.82, 2.24) is 10.2 Å². The topological polar surface area (TPSA) is 75.4 Å². The molecule has 0 bridgehead atoms. The van der Waals surface area contributed by atoms with Crippen LogP contribution in [0.3, 0.4) is 0 Å². The van der Waals surface area contributed by atoms with E-state index in [1.165, 1.54) is 11.3 Å². The molecule has 1 aliphatic heterocycles. The van der Waals surface area contributed by atoms with E-state index >= 15 is 0 Å². The van der Waals surface area contributed by atoms with Crippen molar-refractivity contribution in [3.8, 4) is 0 Å². The Bertz CT molecular complexity index is 458. The van der Waals surface area contributed by atoms with Gasteiger partial charge < -0.3 is 16.0 Å². The number of carbonyl (C=O) groups is 2. The van der Waals surface area contributed by atoms with Crippen molar-refractivity contribution in [1.29, 1.82) is 0 Å². The Morgan fingerprint density at radius 1 is 1.56 bits per heavy atom. The summed E-state index contributed by atoms with van der Waals surface area (Å²) in [7, 11) is 1.63. The average molecular weight is 267 g/mol. The van der Waals surface area contributed by atoms with E-state index in [4.69, 9.17) is 5.73 Å². The quantitative estimate of drug-likeness (QED) is 0.837. The molecule has 6 heteroatoms. The van der Waals surface area contributed by atoms with E-state index in [2.05, 4.69) is 5.32 Å². The molecule has 18 heavy (non-hydrogen) atoms. The van der Waals surface area contributed by atoms with E-state index in [0.29, 0.717) is 23.7 Å². The van der Waals surface area contributed by atoms with E-state index in [1.807, 2.05) is 5.38 Å². The highest BCUT2D eigenvalue weighted by Crippen LogP contribution is 2.24. The summed E-state index contributed by atoms with van der Waals surface area (Å²) in [5.41, 5.74) is 6.27. The maximum atomic E-state index is 12.3. The third-order valence-electron chi connectivity index (χ3n) is 3.22. The third kappa shape index (κ3) is 2.48. The fourth-order valence-corrected chi connectivity index (χ4v) is 3.00. The van der Waals surface area contributed by atoms with Crippen molar-refractivity contribution in [2.24, 2.45) is 5.92 Å². The number of amides is 2. The molecular weight excluding hydrogens is 250 g/mol. The molecule has 0 radical (unpaired) electrons. The second kappa shape index (κ2) is 5.39. The Kier molecular flexibility index (Phi) is 3.86. The second-order valence-electron chi connectivity index (χ2n) is 4.41. The molecule has 1 unspecified atom stereocenters. The number of nitrogens with one attached hydrogen (secondary N) is 1. The zero-order valence-electron chi connectivity index (χ0n) is 10.3. The van der Waals surface area contributed by atoms with Gasteiger partial charge >= 0.3 is 0 Å². The van der Waals surface area contributed by atoms with Crippen molar-refractivity contribution in [3.05, 3.63) is 16.3 Å². The van der Waals surface area contributed by atoms with Crippen molar-refractivity contribution in [2.75, 3.05) is 25.9 Å². The molecule has 98 valence electrons. The minimum atomic E-state index is -0.103. The largest absolute Gasteiger partial charge is 0.397 e. The van der Waals surface area contributed by atoms with Crippen LogP contribution in [-0.2, 0) is 4.79 Å². The number of nitrogens with two attached hydrogens (primary N) is 1. The molecule has 1 saturated heterocycles. The van der Waals surface area contributed by atoms with Crippen LogP contribution in [0.15, 0.2) is 11.4 Å². The van der Waals surface area contributed by atoms with Crippen LogP contribution in [0.1, 0.15) is 22.5 Å². The van der Waals surface area contributed by atoms with Gasteiger partial charge in [0, 0.05) is 20.1 Å². The highest BCUT2D eigenvalue weighted by molar-refractivity contribution is 7.12. The summed E-state index contributed by atoms with van der Waals surface area (Å²) in [6, 6.07) is 1.73. The molecule has 1 aromatic heterocycles. The molecule has 5 nitrogen and oxygen atoms in total. The third-order valence-corrected chi connectivity index (χ3v) is 4.13. The minimum Gasteiger partial charge on any atom is -0.397 e. The molecule has 1 aliphatic rings. The van der Waals surface area contributed by atoms with E-state index in [0.717, 1.165) is 12.8 Å². The molecule has 2 amide bonds. The van der Waals surface area contributed by atoms with Crippen molar-refractivity contribution in [2.45, 2.75) is 12.8 Å². The first-order chi connectivity index (χ1) is 8.63. The Morgan fingerprint density at radius 3 is 2.94 bits per heavy atom. The number of thiophene rings is 1. The van der Waals surface area contributed by atoms with Crippen LogP contribution in [0, 0.1) is 5.92 Å². The summed E-state index contributed by atoms with van der Waals surface area (Å²) in [6.45, 7) is 1.18. The number of likely N-dealkylation sites (tertiary alicyclic amines) is 1. The van der Waals surface area contributed by atoms with Crippen LogP contribution < -0.4 is 11.1 Å². The lowest BCUT2D eigenvalue weighted by atomic mass is 9.97. The molecule has 1 aromatic rings. The van der Waals surface area contributed by atoms with Gasteiger partial charge in [-0.25, -0.2) is 0 Å². The van der Waals surface area contributed by atoms with E-state index in [1.54, 1.807) is 18.0 Å². The summed E-state index contributed by atoms with van der Waals surface area (Å²) in [4.78, 5) is 26.2. The molecule has 3 N–H and O–H groups in total. The van der Waals surface area contributed by atoms with Crippen LogP contribution >= 0.6 is 11.3 Å². The van der Waals surface area contributed by atoms with Crippen molar-refractivity contribution in [3.63, 3.8) is 0 Å². The highest BCUT2D eigenvalue weighted by atomic mass is 32.1. The monoisotopic (exact) mass is 267 g/mol. The van der Waals surface area contributed by atoms with Gasteiger partial charge in [-0.05, 0) is 24.3 Å². The van der Waals surface area contributed by atoms with Gasteiger partial charge in [0.1, 0.15) is 4.88 Å². The standard InChI is InChI=1S/C12H17N3O2S/c1-14-11(16)8-3-2-5-15(7-8)12(17)10-9(13)4-6-18-10/h4,6,8H,2-3,5,7,13H2,1H3,(H,14,16). The number of nitrogens with zero attached hydrogens (tertiary/aromatic N) is 1. The van der Waals surface area contributed by atoms with Gasteiger partial charge in [0.2, 0.25) is 5.91 Å². The molecule has 0 saturated carbocycles. The lowest BCUT2D eigenvalue weighted by molar-refractivity contribution is -0.125. The Labute approximate surface area is 110 Å². The number of carbonyl (C=O) groups excluding carboxylic acids is 2. The summed E-state index contributed by atoms with van der Waals surface area (Å²) in [5, 5.41) is 4.45. The first-order valence-corrected chi connectivity index (χ1v) is 6.85. The second-order valence-corrected chi connectivity index (χ2v) is 5.33. The first-order valence-electron chi connectivity index (χ1n) is 5.97. The lowest BCUT2D eigenvalue weighted by Gasteiger charge is -2.31. The van der Waals surface area contributed by atoms with Crippen molar-refractivity contribution < 1.29 is 9.59 Å². The smallest absolute Gasteiger partial charge is 0.266 e. The molecule has 0 spiro atoms. The van der Waals surface area contributed by atoms with E-state index in [-0.39, 0.29) is 17.7 Å². The van der Waals surface area contributed by atoms with Gasteiger partial charge in [0.05, 0.1) is 11.6 Å². The van der Waals surface area contributed by atoms with E-state index < -0.39 is 0 Å². The maximum Gasteiger partial charge on any atom is 0.266 e. The summed E-state index contributed by atoms with van der Waals surface area (Å²) in [5.74, 6) is -0.156. The Balaban J connectivity index is 2.07. The summed E-state index contributed by atoms with van der Waals surface area (Å²) in [6.07, 6.45) is 1.69. The van der Waals surface area contributed by atoms with Crippen LogP contribution in [-0.4, -0.2) is 36.9 Å². The number of nitrogen functional groups attached to an aromatic ring is 1. The number of piperidine rings is 1. The maximum absolute atomic E-state index is 12.3. The SMILES string of the molecule is CNC(=O)C1CCCN(C(=O)c2sccc2N)C1. The zero-order valence-corrected chi connectivity index (χ0v) is 11.1. The number of anilines is 1. The van der Waals surface area contributed by atoms with E-state index in [9.17, 15) is 9.59 Å². The Morgan fingerprint density at radius 2 is 2.33 bits per heavy atom. The van der Waals surface area contributed by atoms with Gasteiger partial charge in [-0.15, -0.1) is 11.3 Å². The fourth-order valence-electron chi connectivity index (χ4n) is 2.22. The average Bonchev–Trinajstić information content (AvgIpc) is 2.83.